The number of benzene rings is 1. The van der Waals surface area contributed by atoms with Crippen LogP contribution < -0.4 is 5.32 Å². The van der Waals surface area contributed by atoms with E-state index in [9.17, 15) is 0 Å². The molecule has 18 heavy (non-hydrogen) atoms. The molecule has 2 rings (SSSR count). The molecule has 0 bridgehead atoms. The maximum atomic E-state index is 3.55. The van der Waals surface area contributed by atoms with Crippen molar-refractivity contribution >= 4 is 0 Å². The molecule has 1 unspecified atom stereocenters. The van der Waals surface area contributed by atoms with Crippen molar-refractivity contribution in [3.8, 4) is 0 Å². The van der Waals surface area contributed by atoms with Crippen LogP contribution in [0.25, 0.3) is 0 Å². The van der Waals surface area contributed by atoms with Crippen molar-refractivity contribution < 1.29 is 0 Å². The molecule has 2 nitrogen and oxygen atoms in total. The van der Waals surface area contributed by atoms with E-state index in [1.54, 1.807) is 5.56 Å². The number of nitrogens with one attached hydrogen (secondary N) is 1. The van der Waals surface area contributed by atoms with Crippen molar-refractivity contribution in [2.45, 2.75) is 45.7 Å². The Bertz CT molecular complexity index is 356. The monoisotopic (exact) mass is 246 g/mol. The number of fused-ring (bicyclic) bond motifs is 1. The molecule has 1 atom stereocenters. The number of nitrogens with zero attached hydrogens (tertiary/aromatic N) is 1. The summed E-state index contributed by atoms with van der Waals surface area (Å²) in [6, 6.07) is 9.55. The molecular weight excluding hydrogens is 220 g/mol. The third-order valence-electron chi connectivity index (χ3n) is 3.79. The van der Waals surface area contributed by atoms with E-state index in [2.05, 4.69) is 48.3 Å². The fourth-order valence-electron chi connectivity index (χ4n) is 3.01. The lowest BCUT2D eigenvalue weighted by Gasteiger charge is -2.31. The average Bonchev–Trinajstić information content (AvgIpc) is 2.61. The van der Waals surface area contributed by atoms with Crippen molar-refractivity contribution in [1.29, 1.82) is 0 Å². The molecule has 0 saturated carbocycles. The first kappa shape index (κ1) is 13.6. The predicted molar refractivity (Wildman–Crippen MR) is 77.7 cm³/mol. The van der Waals surface area contributed by atoms with Gasteiger partial charge in [0.15, 0.2) is 0 Å². The summed E-state index contributed by atoms with van der Waals surface area (Å²) in [7, 11) is 0. The van der Waals surface area contributed by atoms with Gasteiger partial charge in [-0.25, -0.2) is 0 Å². The Labute approximate surface area is 111 Å². The van der Waals surface area contributed by atoms with Crippen molar-refractivity contribution in [3.05, 3.63) is 35.4 Å². The zero-order chi connectivity index (χ0) is 12.8. The maximum absolute atomic E-state index is 3.55. The van der Waals surface area contributed by atoms with Crippen LogP contribution in [0.5, 0.6) is 0 Å². The molecule has 0 radical (unpaired) electrons. The topological polar surface area (TPSA) is 15.3 Å². The fraction of sp³-hybridized carbons (Fsp3) is 0.625. The van der Waals surface area contributed by atoms with Gasteiger partial charge in [0.1, 0.15) is 0 Å². The molecule has 0 aliphatic carbocycles. The minimum atomic E-state index is 0.607. The zero-order valence-electron chi connectivity index (χ0n) is 11.8. The summed E-state index contributed by atoms with van der Waals surface area (Å²) in [6.45, 7) is 9.15. The van der Waals surface area contributed by atoms with Crippen molar-refractivity contribution in [3.63, 3.8) is 0 Å². The van der Waals surface area contributed by atoms with Gasteiger partial charge in [0, 0.05) is 12.6 Å². The lowest BCUT2D eigenvalue weighted by molar-refractivity contribution is 0.189. The minimum absolute atomic E-state index is 0.607. The van der Waals surface area contributed by atoms with Crippen LogP contribution in [0.3, 0.4) is 0 Å². The first-order chi connectivity index (χ1) is 8.86. The predicted octanol–water partition coefficient (Wildman–Crippen LogP) is 3.34. The van der Waals surface area contributed by atoms with Gasteiger partial charge in [-0.3, -0.25) is 4.90 Å². The van der Waals surface area contributed by atoms with Crippen LogP contribution in [0.1, 0.15) is 50.3 Å². The maximum Gasteiger partial charge on any atom is 0.0363 e. The Morgan fingerprint density at radius 2 is 1.89 bits per heavy atom. The van der Waals surface area contributed by atoms with E-state index in [-0.39, 0.29) is 0 Å². The minimum Gasteiger partial charge on any atom is -0.313 e. The van der Waals surface area contributed by atoms with Crippen LogP contribution in [-0.2, 0) is 6.54 Å². The summed E-state index contributed by atoms with van der Waals surface area (Å²) >= 11 is 0. The quantitative estimate of drug-likeness (QED) is 0.857. The van der Waals surface area contributed by atoms with E-state index < -0.39 is 0 Å². The van der Waals surface area contributed by atoms with Gasteiger partial charge in [-0.15, -0.1) is 0 Å². The smallest absolute Gasteiger partial charge is 0.0363 e. The van der Waals surface area contributed by atoms with Crippen molar-refractivity contribution in [1.82, 2.24) is 10.2 Å². The Balaban J connectivity index is 2.24. The molecule has 1 aliphatic rings. The largest absolute Gasteiger partial charge is 0.313 e. The van der Waals surface area contributed by atoms with E-state index in [0.29, 0.717) is 6.04 Å². The lowest BCUT2D eigenvalue weighted by Crippen LogP contribution is -2.31. The SMILES string of the molecule is CCCN(CCC)C1CCNCc2ccccc21. The molecule has 0 amide bonds. The van der Waals surface area contributed by atoms with Gasteiger partial charge in [-0.05, 0) is 50.0 Å². The molecule has 0 aromatic heterocycles. The number of rotatable bonds is 5. The molecule has 0 spiro atoms. The Morgan fingerprint density at radius 1 is 1.17 bits per heavy atom. The van der Waals surface area contributed by atoms with Gasteiger partial charge in [0.25, 0.3) is 0 Å². The Hall–Kier alpha value is -0.860. The average molecular weight is 246 g/mol. The molecule has 1 aliphatic heterocycles. The fourth-order valence-corrected chi connectivity index (χ4v) is 3.01. The van der Waals surface area contributed by atoms with E-state index in [4.69, 9.17) is 0 Å². The summed E-state index contributed by atoms with van der Waals surface area (Å²) in [5.74, 6) is 0. The van der Waals surface area contributed by atoms with Gasteiger partial charge in [0.05, 0.1) is 0 Å². The van der Waals surface area contributed by atoms with Gasteiger partial charge >= 0.3 is 0 Å². The third-order valence-corrected chi connectivity index (χ3v) is 3.79. The highest BCUT2D eigenvalue weighted by Crippen LogP contribution is 2.29. The highest BCUT2D eigenvalue weighted by Gasteiger charge is 2.23. The summed E-state index contributed by atoms with van der Waals surface area (Å²) in [4.78, 5) is 2.67. The van der Waals surface area contributed by atoms with E-state index in [0.717, 1.165) is 13.1 Å². The van der Waals surface area contributed by atoms with E-state index in [1.807, 2.05) is 0 Å². The van der Waals surface area contributed by atoms with E-state index >= 15 is 0 Å². The molecule has 0 saturated heterocycles. The number of hydrogen-bond donors (Lipinski definition) is 1. The number of hydrogen-bond acceptors (Lipinski definition) is 2. The first-order valence-corrected chi connectivity index (χ1v) is 7.39. The summed E-state index contributed by atoms with van der Waals surface area (Å²) in [6.07, 6.45) is 3.72. The van der Waals surface area contributed by atoms with Crippen LogP contribution >= 0.6 is 0 Å². The van der Waals surface area contributed by atoms with Gasteiger partial charge in [0.2, 0.25) is 0 Å². The van der Waals surface area contributed by atoms with Crippen LogP contribution in [0.4, 0.5) is 0 Å². The second-order valence-corrected chi connectivity index (χ2v) is 5.22. The van der Waals surface area contributed by atoms with Gasteiger partial charge in [-0.2, -0.15) is 0 Å². The highest BCUT2D eigenvalue weighted by atomic mass is 15.2. The third kappa shape index (κ3) is 3.12. The highest BCUT2D eigenvalue weighted by molar-refractivity contribution is 5.31. The summed E-state index contributed by atoms with van der Waals surface area (Å²) in [5, 5.41) is 3.55. The van der Waals surface area contributed by atoms with Crippen molar-refractivity contribution in [2.24, 2.45) is 0 Å². The molecule has 1 heterocycles. The second kappa shape index (κ2) is 6.91. The molecular formula is C16H26N2. The molecule has 2 heteroatoms. The van der Waals surface area contributed by atoms with Gasteiger partial charge < -0.3 is 5.32 Å². The molecule has 0 fully saturated rings. The second-order valence-electron chi connectivity index (χ2n) is 5.22. The van der Waals surface area contributed by atoms with Crippen LogP contribution in [0, 0.1) is 0 Å². The summed E-state index contributed by atoms with van der Waals surface area (Å²) < 4.78 is 0. The van der Waals surface area contributed by atoms with E-state index in [1.165, 1.54) is 37.9 Å². The van der Waals surface area contributed by atoms with Gasteiger partial charge in [-0.1, -0.05) is 38.1 Å². The standard InChI is InChI=1S/C16H26N2/c1-3-11-18(12-4-2)16-9-10-17-13-14-7-5-6-8-15(14)16/h5-8,16-17H,3-4,9-13H2,1-2H3. The van der Waals surface area contributed by atoms with Crippen LogP contribution in [0.15, 0.2) is 24.3 Å². The van der Waals surface area contributed by atoms with Crippen molar-refractivity contribution in [2.75, 3.05) is 19.6 Å². The molecule has 1 aromatic rings. The molecule has 100 valence electrons. The molecule has 1 aromatic carbocycles. The first-order valence-electron chi connectivity index (χ1n) is 7.39. The van der Waals surface area contributed by atoms with Crippen LogP contribution in [-0.4, -0.2) is 24.5 Å². The normalized spacial score (nSPS) is 19.6. The zero-order valence-corrected chi connectivity index (χ0v) is 11.8. The Kier molecular flexibility index (Phi) is 5.21. The van der Waals surface area contributed by atoms with Crippen LogP contribution in [0.2, 0.25) is 0 Å². The Morgan fingerprint density at radius 3 is 2.61 bits per heavy atom. The summed E-state index contributed by atoms with van der Waals surface area (Å²) in [5.41, 5.74) is 3.03. The molecule has 1 N–H and O–H groups in total. The lowest BCUT2D eigenvalue weighted by atomic mass is 9.97.